The van der Waals surface area contributed by atoms with Gasteiger partial charge in [0.25, 0.3) is 11.8 Å². The van der Waals surface area contributed by atoms with Gasteiger partial charge in [0, 0.05) is 28.0 Å². The first kappa shape index (κ1) is 27.8. The summed E-state index contributed by atoms with van der Waals surface area (Å²) in [5.41, 5.74) is 3.63. The molecule has 0 bridgehead atoms. The first-order valence-electron chi connectivity index (χ1n) is 11.1. The molecule has 2 amide bonds. The molecule has 0 aliphatic heterocycles. The van der Waals surface area contributed by atoms with Crippen LogP contribution in [0.4, 0.5) is 11.4 Å². The molecule has 0 spiro atoms. The SMILES string of the molecule is CCCCn1cnc2c(C(=O)Nc3cccc(Cl)c3C)cc(NC(=O)c3cc(Cl)ccc3Cl)cc21.Cl. The zero-order chi connectivity index (χ0) is 25.1. The number of nitrogens with one attached hydrogen (secondary N) is 2. The lowest BCUT2D eigenvalue weighted by molar-refractivity contribution is 0.101. The number of aryl methyl sites for hydroxylation is 1. The molecule has 1 aromatic heterocycles. The zero-order valence-corrected chi connectivity index (χ0v) is 22.7. The van der Waals surface area contributed by atoms with Crippen LogP contribution in [0.15, 0.2) is 54.9 Å². The fourth-order valence-corrected chi connectivity index (χ4v) is 4.27. The Morgan fingerprint density at radius 2 is 1.69 bits per heavy atom. The molecule has 0 atom stereocenters. The number of carbonyl (C=O) groups excluding carboxylic acids is 2. The maximum Gasteiger partial charge on any atom is 0.258 e. The van der Waals surface area contributed by atoms with Gasteiger partial charge in [-0.25, -0.2) is 4.98 Å². The Kier molecular flexibility index (Phi) is 9.25. The average molecular weight is 566 g/mol. The van der Waals surface area contributed by atoms with Crippen molar-refractivity contribution in [1.82, 2.24) is 9.55 Å². The van der Waals surface area contributed by atoms with E-state index in [0.29, 0.717) is 32.5 Å². The molecular formula is C26H24Cl4N4O2. The Bertz CT molecular complexity index is 1440. The summed E-state index contributed by atoms with van der Waals surface area (Å²) in [5, 5.41) is 6.98. The average Bonchev–Trinajstić information content (AvgIpc) is 3.24. The number of fused-ring (bicyclic) bond motifs is 1. The van der Waals surface area contributed by atoms with Gasteiger partial charge in [0.15, 0.2) is 0 Å². The number of imidazole rings is 1. The Morgan fingerprint density at radius 3 is 2.44 bits per heavy atom. The first-order valence-corrected chi connectivity index (χ1v) is 12.2. The third-order valence-corrected chi connectivity index (χ3v) is 6.64. The predicted molar refractivity (Wildman–Crippen MR) is 150 cm³/mol. The van der Waals surface area contributed by atoms with Crippen LogP contribution in [0.2, 0.25) is 15.1 Å². The van der Waals surface area contributed by atoms with Crippen LogP contribution in [0.3, 0.4) is 0 Å². The number of aromatic nitrogens is 2. The Morgan fingerprint density at radius 1 is 0.944 bits per heavy atom. The van der Waals surface area contributed by atoms with Crippen molar-refractivity contribution in [1.29, 1.82) is 0 Å². The number of benzene rings is 3. The van der Waals surface area contributed by atoms with E-state index in [1.54, 1.807) is 48.8 Å². The van der Waals surface area contributed by atoms with Crippen LogP contribution < -0.4 is 10.6 Å². The molecule has 0 saturated heterocycles. The summed E-state index contributed by atoms with van der Waals surface area (Å²) in [5.74, 6) is -0.800. The lowest BCUT2D eigenvalue weighted by Gasteiger charge is -2.13. The molecule has 36 heavy (non-hydrogen) atoms. The van der Waals surface area contributed by atoms with E-state index in [9.17, 15) is 9.59 Å². The van der Waals surface area contributed by atoms with Gasteiger partial charge in [0.05, 0.1) is 28.0 Å². The van der Waals surface area contributed by atoms with Gasteiger partial charge in [-0.2, -0.15) is 0 Å². The van der Waals surface area contributed by atoms with Crippen molar-refractivity contribution in [2.75, 3.05) is 10.6 Å². The lowest BCUT2D eigenvalue weighted by Crippen LogP contribution is -2.16. The molecule has 6 nitrogen and oxygen atoms in total. The summed E-state index contributed by atoms with van der Waals surface area (Å²) >= 11 is 18.5. The van der Waals surface area contributed by atoms with Crippen LogP contribution in [0.5, 0.6) is 0 Å². The fraction of sp³-hybridized carbons (Fsp3) is 0.192. The van der Waals surface area contributed by atoms with E-state index >= 15 is 0 Å². The molecular weight excluding hydrogens is 542 g/mol. The van der Waals surface area contributed by atoms with Gasteiger partial charge in [0.1, 0.15) is 5.52 Å². The number of nitrogens with zero attached hydrogens (tertiary/aromatic N) is 2. The van der Waals surface area contributed by atoms with E-state index in [4.69, 9.17) is 34.8 Å². The molecule has 0 fully saturated rings. The lowest BCUT2D eigenvalue weighted by atomic mass is 10.1. The van der Waals surface area contributed by atoms with Crippen LogP contribution in [-0.4, -0.2) is 21.4 Å². The molecule has 0 saturated carbocycles. The minimum atomic E-state index is -0.437. The van der Waals surface area contributed by atoms with Gasteiger partial charge < -0.3 is 15.2 Å². The standard InChI is InChI=1S/C26H23Cl3N4O2.ClH/c1-3-4-10-33-14-30-24-19(26(35)32-22-7-5-6-20(28)15(22)2)12-17(13-23(24)33)31-25(34)18-11-16(27)8-9-21(18)29;/h5-9,11-14H,3-4,10H2,1-2H3,(H,31,34)(H,32,35);1H. The van der Waals surface area contributed by atoms with Gasteiger partial charge in [0.2, 0.25) is 0 Å². The second-order valence-electron chi connectivity index (χ2n) is 8.13. The van der Waals surface area contributed by atoms with Crippen molar-refractivity contribution in [2.24, 2.45) is 0 Å². The minimum Gasteiger partial charge on any atom is -0.331 e. The summed E-state index contributed by atoms with van der Waals surface area (Å²) in [6.45, 7) is 4.67. The normalized spacial score (nSPS) is 10.7. The van der Waals surface area contributed by atoms with Crippen molar-refractivity contribution in [3.05, 3.63) is 86.6 Å². The van der Waals surface area contributed by atoms with Crippen LogP contribution >= 0.6 is 47.2 Å². The summed E-state index contributed by atoms with van der Waals surface area (Å²) in [6.07, 6.45) is 3.66. The minimum absolute atomic E-state index is 0. The number of hydrogen-bond donors (Lipinski definition) is 2. The van der Waals surface area contributed by atoms with Crippen LogP contribution in [0, 0.1) is 6.92 Å². The monoisotopic (exact) mass is 564 g/mol. The number of hydrogen-bond acceptors (Lipinski definition) is 3. The van der Waals surface area contributed by atoms with E-state index in [-0.39, 0.29) is 28.9 Å². The fourth-order valence-electron chi connectivity index (χ4n) is 3.72. The first-order chi connectivity index (χ1) is 16.8. The van der Waals surface area contributed by atoms with Crippen molar-refractivity contribution < 1.29 is 9.59 Å². The highest BCUT2D eigenvalue weighted by Crippen LogP contribution is 2.28. The Labute approximate surface area is 230 Å². The highest BCUT2D eigenvalue weighted by molar-refractivity contribution is 6.36. The van der Waals surface area contributed by atoms with Gasteiger partial charge in [-0.3, -0.25) is 9.59 Å². The molecule has 4 rings (SSSR count). The van der Waals surface area contributed by atoms with E-state index in [2.05, 4.69) is 22.5 Å². The molecule has 0 unspecified atom stereocenters. The van der Waals surface area contributed by atoms with Gasteiger partial charge >= 0.3 is 0 Å². The van der Waals surface area contributed by atoms with E-state index in [1.807, 2.05) is 11.5 Å². The third-order valence-electron chi connectivity index (χ3n) is 5.67. The smallest absolute Gasteiger partial charge is 0.258 e. The molecule has 1 heterocycles. The van der Waals surface area contributed by atoms with Crippen LogP contribution in [-0.2, 0) is 6.54 Å². The number of halogens is 4. The summed E-state index contributed by atoms with van der Waals surface area (Å²) in [6, 6.07) is 13.4. The quantitative estimate of drug-likeness (QED) is 0.238. The van der Waals surface area contributed by atoms with Crippen molar-refractivity contribution in [3.8, 4) is 0 Å². The molecule has 10 heteroatoms. The van der Waals surface area contributed by atoms with Gasteiger partial charge in [-0.1, -0.05) is 54.2 Å². The molecule has 3 aromatic carbocycles. The Hall–Kier alpha value is -2.77. The van der Waals surface area contributed by atoms with Crippen molar-refractivity contribution in [3.63, 3.8) is 0 Å². The van der Waals surface area contributed by atoms with E-state index in [0.717, 1.165) is 30.5 Å². The number of anilines is 2. The van der Waals surface area contributed by atoms with Gasteiger partial charge in [-0.05, 0) is 61.4 Å². The number of rotatable bonds is 7. The molecule has 0 aliphatic carbocycles. The molecule has 0 aliphatic rings. The second-order valence-corrected chi connectivity index (χ2v) is 9.38. The summed E-state index contributed by atoms with van der Waals surface area (Å²) < 4.78 is 1.97. The molecule has 0 radical (unpaired) electrons. The third kappa shape index (κ3) is 5.95. The maximum atomic E-state index is 13.4. The highest BCUT2D eigenvalue weighted by Gasteiger charge is 2.19. The largest absolute Gasteiger partial charge is 0.331 e. The van der Waals surface area contributed by atoms with Gasteiger partial charge in [-0.15, -0.1) is 12.4 Å². The van der Waals surface area contributed by atoms with Crippen LogP contribution in [0.25, 0.3) is 11.0 Å². The summed E-state index contributed by atoms with van der Waals surface area (Å²) in [4.78, 5) is 30.9. The predicted octanol–water partition coefficient (Wildman–Crippen LogP) is 8.03. The topological polar surface area (TPSA) is 76.0 Å². The van der Waals surface area contributed by atoms with Crippen molar-refractivity contribution in [2.45, 2.75) is 33.2 Å². The molecule has 188 valence electrons. The second kappa shape index (κ2) is 12.0. The zero-order valence-electron chi connectivity index (χ0n) is 19.6. The van der Waals surface area contributed by atoms with Crippen LogP contribution in [0.1, 0.15) is 46.0 Å². The Balaban J connectivity index is 0.00000361. The number of carbonyl (C=O) groups is 2. The molecule has 2 N–H and O–H groups in total. The van der Waals surface area contributed by atoms with Crippen molar-refractivity contribution >= 4 is 81.4 Å². The number of amides is 2. The summed E-state index contributed by atoms with van der Waals surface area (Å²) in [7, 11) is 0. The maximum absolute atomic E-state index is 13.4. The number of unbranched alkanes of at least 4 members (excludes halogenated alkanes) is 1. The van der Waals surface area contributed by atoms with E-state index < -0.39 is 5.91 Å². The van der Waals surface area contributed by atoms with E-state index in [1.165, 1.54) is 6.07 Å². The highest BCUT2D eigenvalue weighted by atomic mass is 35.5. The molecule has 4 aromatic rings.